The maximum atomic E-state index is 12.8. The van der Waals surface area contributed by atoms with E-state index in [-0.39, 0.29) is 30.7 Å². The van der Waals surface area contributed by atoms with Crippen LogP contribution in [0.4, 0.5) is 5.69 Å². The van der Waals surface area contributed by atoms with E-state index in [1.165, 1.54) is 24.1 Å². The summed E-state index contributed by atoms with van der Waals surface area (Å²) in [5.41, 5.74) is 8.79. The number of para-hydroxylation sites is 1. The Morgan fingerprint density at radius 1 is 1.04 bits per heavy atom. The van der Waals surface area contributed by atoms with Crippen LogP contribution in [0.25, 0.3) is 0 Å². The first-order valence-corrected chi connectivity index (χ1v) is 10.1. The zero-order chi connectivity index (χ0) is 17.2. The Labute approximate surface area is 175 Å². The highest BCUT2D eigenvalue weighted by Crippen LogP contribution is 2.34. The Bertz CT molecular complexity index is 619. The number of piperidine rings is 1. The Morgan fingerprint density at radius 3 is 2.52 bits per heavy atom. The van der Waals surface area contributed by atoms with Gasteiger partial charge in [0.05, 0.1) is 0 Å². The van der Waals surface area contributed by atoms with Gasteiger partial charge in [0.15, 0.2) is 0 Å². The second kappa shape index (κ2) is 9.99. The number of likely N-dealkylation sites (tertiary alicyclic amines) is 1. The zero-order valence-electron chi connectivity index (χ0n) is 16.0. The maximum Gasteiger partial charge on any atom is 0.226 e. The zero-order valence-corrected chi connectivity index (χ0v) is 17.6. The first-order valence-electron chi connectivity index (χ1n) is 10.1. The second-order valence-corrected chi connectivity index (χ2v) is 8.13. The van der Waals surface area contributed by atoms with Gasteiger partial charge in [0.1, 0.15) is 0 Å². The fraction of sp³-hybridized carbons (Fsp3) is 0.667. The molecule has 1 aromatic carbocycles. The summed E-state index contributed by atoms with van der Waals surface area (Å²) in [5.74, 6) is 1.72. The standard InChI is InChI=1S/C21H31N3O.2ClH/c22-14-18-5-3-6-19(18)21(25)23-11-8-16(9-12-23)15-24-13-10-17-4-1-2-7-20(17)24;;/h1-2,4,7,16,18-19H,3,5-6,8-15,22H2;2*1H/t18-,19-;;/m1../s1. The molecule has 2 fully saturated rings. The normalized spacial score (nSPS) is 24.9. The summed E-state index contributed by atoms with van der Waals surface area (Å²) in [6.07, 6.45) is 6.82. The highest BCUT2D eigenvalue weighted by Gasteiger charge is 2.36. The number of benzene rings is 1. The van der Waals surface area contributed by atoms with E-state index in [4.69, 9.17) is 5.73 Å². The molecule has 1 aromatic rings. The summed E-state index contributed by atoms with van der Waals surface area (Å²) in [6.45, 7) is 4.84. The molecule has 6 heteroatoms. The lowest BCUT2D eigenvalue weighted by atomic mass is 9.91. The SMILES string of the molecule is Cl.Cl.NC[C@H]1CCC[C@H]1C(=O)N1CCC(CN2CCc3ccccc32)CC1. The van der Waals surface area contributed by atoms with Crippen LogP contribution in [0.2, 0.25) is 0 Å². The lowest BCUT2D eigenvalue weighted by Crippen LogP contribution is -2.45. The number of amides is 1. The molecule has 0 aromatic heterocycles. The summed E-state index contributed by atoms with van der Waals surface area (Å²) in [4.78, 5) is 17.5. The fourth-order valence-electron chi connectivity index (χ4n) is 5.12. The molecule has 0 bridgehead atoms. The van der Waals surface area contributed by atoms with Gasteiger partial charge in [0.2, 0.25) is 5.91 Å². The molecule has 1 amide bonds. The molecular weight excluding hydrogens is 381 g/mol. The predicted octanol–water partition coefficient (Wildman–Crippen LogP) is 3.51. The van der Waals surface area contributed by atoms with Crippen molar-refractivity contribution in [3.8, 4) is 0 Å². The predicted molar refractivity (Wildman–Crippen MR) is 116 cm³/mol. The number of carbonyl (C=O) groups excluding carboxylic acids is 1. The highest BCUT2D eigenvalue weighted by molar-refractivity contribution is 5.85. The smallest absolute Gasteiger partial charge is 0.226 e. The van der Waals surface area contributed by atoms with Crippen molar-refractivity contribution in [3.05, 3.63) is 29.8 Å². The molecule has 3 aliphatic rings. The maximum absolute atomic E-state index is 12.8. The largest absolute Gasteiger partial charge is 0.371 e. The molecule has 4 nitrogen and oxygen atoms in total. The first-order chi connectivity index (χ1) is 12.3. The minimum Gasteiger partial charge on any atom is -0.371 e. The van der Waals surface area contributed by atoms with Gasteiger partial charge in [-0.1, -0.05) is 24.6 Å². The number of nitrogens with zero attached hydrogens (tertiary/aromatic N) is 2. The number of hydrogen-bond donors (Lipinski definition) is 1. The van der Waals surface area contributed by atoms with Crippen molar-refractivity contribution in [2.75, 3.05) is 37.6 Å². The van der Waals surface area contributed by atoms with E-state index < -0.39 is 0 Å². The topological polar surface area (TPSA) is 49.6 Å². The van der Waals surface area contributed by atoms with Gasteiger partial charge in [-0.15, -0.1) is 24.8 Å². The average Bonchev–Trinajstić information content (AvgIpc) is 3.29. The molecule has 0 spiro atoms. The van der Waals surface area contributed by atoms with Gasteiger partial charge in [0.25, 0.3) is 0 Å². The van der Waals surface area contributed by atoms with Gasteiger partial charge >= 0.3 is 0 Å². The molecule has 27 heavy (non-hydrogen) atoms. The van der Waals surface area contributed by atoms with Crippen molar-refractivity contribution in [3.63, 3.8) is 0 Å². The molecule has 0 radical (unpaired) electrons. The van der Waals surface area contributed by atoms with E-state index in [2.05, 4.69) is 34.1 Å². The molecule has 1 aliphatic carbocycles. The highest BCUT2D eigenvalue weighted by atomic mass is 35.5. The molecule has 1 saturated carbocycles. The summed E-state index contributed by atoms with van der Waals surface area (Å²) in [7, 11) is 0. The molecule has 2 heterocycles. The van der Waals surface area contributed by atoms with Gasteiger partial charge in [-0.05, 0) is 62.1 Å². The summed E-state index contributed by atoms with van der Waals surface area (Å²) in [6, 6.07) is 8.80. The van der Waals surface area contributed by atoms with Crippen LogP contribution in [-0.4, -0.2) is 43.5 Å². The van der Waals surface area contributed by atoms with Crippen LogP contribution in [0.15, 0.2) is 24.3 Å². The number of nitrogens with two attached hydrogens (primary N) is 1. The van der Waals surface area contributed by atoms with E-state index in [0.29, 0.717) is 24.3 Å². The molecule has 152 valence electrons. The summed E-state index contributed by atoms with van der Waals surface area (Å²) >= 11 is 0. The van der Waals surface area contributed by atoms with Crippen molar-refractivity contribution in [2.24, 2.45) is 23.5 Å². The Kier molecular flexibility index (Phi) is 8.26. The van der Waals surface area contributed by atoms with Crippen LogP contribution >= 0.6 is 24.8 Å². The molecule has 4 rings (SSSR count). The lowest BCUT2D eigenvalue weighted by Gasteiger charge is -2.36. The molecular formula is C21H33Cl2N3O. The lowest BCUT2D eigenvalue weighted by molar-refractivity contribution is -0.138. The van der Waals surface area contributed by atoms with Crippen LogP contribution in [0.1, 0.15) is 37.7 Å². The van der Waals surface area contributed by atoms with Gasteiger partial charge in [-0.3, -0.25) is 4.79 Å². The Morgan fingerprint density at radius 2 is 1.78 bits per heavy atom. The van der Waals surface area contributed by atoms with Crippen molar-refractivity contribution >= 4 is 36.4 Å². The van der Waals surface area contributed by atoms with Gasteiger partial charge in [0, 0.05) is 37.8 Å². The molecule has 2 atom stereocenters. The second-order valence-electron chi connectivity index (χ2n) is 8.13. The van der Waals surface area contributed by atoms with Crippen LogP contribution in [0.5, 0.6) is 0 Å². The number of hydrogen-bond acceptors (Lipinski definition) is 3. The number of fused-ring (bicyclic) bond motifs is 1. The van der Waals surface area contributed by atoms with E-state index >= 15 is 0 Å². The van der Waals surface area contributed by atoms with Gasteiger partial charge in [-0.2, -0.15) is 0 Å². The van der Waals surface area contributed by atoms with Crippen molar-refractivity contribution in [1.82, 2.24) is 4.90 Å². The van der Waals surface area contributed by atoms with E-state index in [1.54, 1.807) is 0 Å². The monoisotopic (exact) mass is 413 g/mol. The van der Waals surface area contributed by atoms with Crippen molar-refractivity contribution in [2.45, 2.75) is 38.5 Å². The van der Waals surface area contributed by atoms with E-state index in [9.17, 15) is 4.79 Å². The number of anilines is 1. The van der Waals surface area contributed by atoms with E-state index in [0.717, 1.165) is 51.9 Å². The van der Waals surface area contributed by atoms with Crippen LogP contribution in [0.3, 0.4) is 0 Å². The number of rotatable bonds is 4. The van der Waals surface area contributed by atoms with Crippen molar-refractivity contribution in [1.29, 1.82) is 0 Å². The quantitative estimate of drug-likeness (QED) is 0.821. The summed E-state index contributed by atoms with van der Waals surface area (Å²) < 4.78 is 0. The van der Waals surface area contributed by atoms with Crippen LogP contribution in [-0.2, 0) is 11.2 Å². The minimum atomic E-state index is 0. The number of carbonyl (C=O) groups is 1. The average molecular weight is 414 g/mol. The first kappa shape index (κ1) is 22.3. The minimum absolute atomic E-state index is 0. The Hall–Kier alpha value is -0.970. The third-order valence-electron chi connectivity index (χ3n) is 6.67. The molecule has 1 saturated heterocycles. The van der Waals surface area contributed by atoms with Crippen LogP contribution in [0, 0.1) is 17.8 Å². The molecule has 2 aliphatic heterocycles. The third-order valence-corrected chi connectivity index (χ3v) is 6.67. The molecule has 2 N–H and O–H groups in total. The van der Waals surface area contributed by atoms with Crippen molar-refractivity contribution < 1.29 is 4.79 Å². The van der Waals surface area contributed by atoms with Gasteiger partial charge in [-0.25, -0.2) is 0 Å². The molecule has 0 unspecified atom stereocenters. The third kappa shape index (κ3) is 4.72. The number of halogens is 2. The van der Waals surface area contributed by atoms with E-state index in [1.807, 2.05) is 0 Å². The summed E-state index contributed by atoms with van der Waals surface area (Å²) in [5, 5.41) is 0. The Balaban J connectivity index is 0.00000131. The van der Waals surface area contributed by atoms with Crippen LogP contribution < -0.4 is 10.6 Å². The fourth-order valence-corrected chi connectivity index (χ4v) is 5.12. The van der Waals surface area contributed by atoms with Gasteiger partial charge < -0.3 is 15.5 Å².